The molecule has 98 valence electrons. The van der Waals surface area contributed by atoms with Crippen LogP contribution in [0.2, 0.25) is 0 Å². The van der Waals surface area contributed by atoms with Gasteiger partial charge in [-0.15, -0.1) is 11.6 Å². The molecule has 0 radical (unpaired) electrons. The monoisotopic (exact) mass is 262 g/mol. The van der Waals surface area contributed by atoms with Gasteiger partial charge in [-0.3, -0.25) is 4.79 Å². The first-order valence-electron chi connectivity index (χ1n) is 4.82. The highest BCUT2D eigenvalue weighted by Crippen LogP contribution is 1.96. The van der Waals surface area contributed by atoms with Gasteiger partial charge in [-0.25, -0.2) is 4.79 Å². The lowest BCUT2D eigenvalue weighted by Crippen LogP contribution is -2.20. The van der Waals surface area contributed by atoms with Gasteiger partial charge in [0.1, 0.15) is 6.61 Å². The molecule has 2 N–H and O–H groups in total. The zero-order chi connectivity index (χ0) is 13.8. The fraction of sp³-hybridized carbons (Fsp3) is 0.455. The highest BCUT2D eigenvalue weighted by molar-refractivity contribution is 6.22. The molecule has 17 heavy (non-hydrogen) atoms. The number of hydrogen-bond acceptors (Lipinski definition) is 4. The molecule has 6 heteroatoms. The minimum atomic E-state index is -0.481. The van der Waals surface area contributed by atoms with E-state index >= 15 is 0 Å². The molecule has 5 nitrogen and oxygen atoms in total. The SMILES string of the molecule is C=C(CCl)C(=O)OCCN(C)C.C=CC(N)=O. The first-order valence-corrected chi connectivity index (χ1v) is 5.36. The van der Waals surface area contributed by atoms with Crippen molar-refractivity contribution < 1.29 is 14.3 Å². The quantitative estimate of drug-likeness (QED) is 0.431. The second-order valence-corrected chi connectivity index (χ2v) is 3.55. The van der Waals surface area contributed by atoms with Crippen LogP contribution >= 0.6 is 11.6 Å². The first-order chi connectivity index (χ1) is 7.84. The molecular weight excluding hydrogens is 244 g/mol. The summed E-state index contributed by atoms with van der Waals surface area (Å²) in [4.78, 5) is 22.3. The highest BCUT2D eigenvalue weighted by atomic mass is 35.5. The minimum absolute atomic E-state index is 0.126. The molecule has 0 aliphatic carbocycles. The van der Waals surface area contributed by atoms with Crippen LogP contribution < -0.4 is 5.73 Å². The van der Waals surface area contributed by atoms with E-state index in [9.17, 15) is 9.59 Å². The lowest BCUT2D eigenvalue weighted by Gasteiger charge is -2.09. The van der Waals surface area contributed by atoms with Crippen LogP contribution in [0.1, 0.15) is 0 Å². The maximum atomic E-state index is 10.9. The molecule has 0 unspecified atom stereocenters. The Morgan fingerprint density at radius 3 is 2.24 bits per heavy atom. The van der Waals surface area contributed by atoms with E-state index in [1.165, 1.54) is 0 Å². The lowest BCUT2D eigenvalue weighted by molar-refractivity contribution is -0.139. The predicted octanol–water partition coefficient (Wildman–Crippen LogP) is 0.544. The van der Waals surface area contributed by atoms with Crippen molar-refractivity contribution in [1.82, 2.24) is 4.90 Å². The average Bonchev–Trinajstić information content (AvgIpc) is 2.28. The first kappa shape index (κ1) is 18.0. The third kappa shape index (κ3) is 14.7. The van der Waals surface area contributed by atoms with Crippen molar-refractivity contribution in [2.45, 2.75) is 0 Å². The summed E-state index contributed by atoms with van der Waals surface area (Å²) < 4.78 is 4.84. The van der Waals surface area contributed by atoms with Crippen molar-refractivity contribution in [2.24, 2.45) is 5.73 Å². The Balaban J connectivity index is 0. The summed E-state index contributed by atoms with van der Waals surface area (Å²) in [6.45, 7) is 7.62. The summed E-state index contributed by atoms with van der Waals surface area (Å²) in [5.41, 5.74) is 4.84. The molecule has 0 atom stereocenters. The standard InChI is InChI=1S/C8H14ClNO2.C3H5NO/c1-7(6-9)8(11)12-5-4-10(2)3;1-2-3(4)5/h1,4-6H2,2-3H3;2H,1H2,(H2,4,5). The van der Waals surface area contributed by atoms with Gasteiger partial charge in [0.15, 0.2) is 0 Å². The fourth-order valence-electron chi connectivity index (χ4n) is 0.478. The van der Waals surface area contributed by atoms with Gasteiger partial charge in [-0.05, 0) is 20.2 Å². The molecule has 0 fully saturated rings. The fourth-order valence-corrected chi connectivity index (χ4v) is 0.587. The van der Waals surface area contributed by atoms with Crippen LogP contribution in [-0.2, 0) is 14.3 Å². The topological polar surface area (TPSA) is 72.6 Å². The number of likely N-dealkylation sites (N-methyl/N-ethyl adjacent to an activating group) is 1. The maximum absolute atomic E-state index is 10.9. The van der Waals surface area contributed by atoms with Crippen LogP contribution in [0.15, 0.2) is 24.8 Å². The van der Waals surface area contributed by atoms with Gasteiger partial charge >= 0.3 is 5.97 Å². The van der Waals surface area contributed by atoms with Crippen molar-refractivity contribution in [3.8, 4) is 0 Å². The summed E-state index contributed by atoms with van der Waals surface area (Å²) >= 11 is 5.38. The van der Waals surface area contributed by atoms with Crippen LogP contribution in [-0.4, -0.2) is 49.9 Å². The Kier molecular flexibility index (Phi) is 11.9. The van der Waals surface area contributed by atoms with Crippen LogP contribution in [0.25, 0.3) is 0 Å². The molecule has 0 heterocycles. The number of halogens is 1. The Hall–Kier alpha value is -1.33. The molecule has 0 spiro atoms. The van der Waals surface area contributed by atoms with Gasteiger partial charge in [0.05, 0.1) is 5.88 Å². The van der Waals surface area contributed by atoms with Crippen LogP contribution in [0.4, 0.5) is 0 Å². The van der Waals surface area contributed by atoms with Crippen molar-refractivity contribution >= 4 is 23.5 Å². The van der Waals surface area contributed by atoms with E-state index in [-0.39, 0.29) is 5.88 Å². The Morgan fingerprint density at radius 2 is 1.94 bits per heavy atom. The predicted molar refractivity (Wildman–Crippen MR) is 68.8 cm³/mol. The molecule has 0 aliphatic rings. The summed E-state index contributed by atoms with van der Waals surface area (Å²) in [6, 6.07) is 0. The molecule has 0 saturated heterocycles. The second kappa shape index (κ2) is 11.2. The zero-order valence-corrected chi connectivity index (χ0v) is 11.0. The number of carbonyl (C=O) groups is 2. The van der Waals surface area contributed by atoms with E-state index in [0.717, 1.165) is 6.08 Å². The number of alkyl halides is 1. The van der Waals surface area contributed by atoms with Crippen LogP contribution in [0, 0.1) is 0 Å². The van der Waals surface area contributed by atoms with E-state index in [4.69, 9.17) is 16.3 Å². The van der Waals surface area contributed by atoms with Crippen LogP contribution in [0.5, 0.6) is 0 Å². The number of carbonyl (C=O) groups excluding carboxylic acids is 2. The van der Waals surface area contributed by atoms with E-state index in [0.29, 0.717) is 18.7 Å². The molecular formula is C11H19ClN2O3. The van der Waals surface area contributed by atoms with E-state index in [2.05, 4.69) is 18.9 Å². The van der Waals surface area contributed by atoms with Crippen molar-refractivity contribution in [1.29, 1.82) is 0 Å². The van der Waals surface area contributed by atoms with E-state index < -0.39 is 11.9 Å². The van der Waals surface area contributed by atoms with E-state index in [1.807, 2.05) is 19.0 Å². The lowest BCUT2D eigenvalue weighted by atomic mass is 10.4. The Morgan fingerprint density at radius 1 is 1.47 bits per heavy atom. The third-order valence-electron chi connectivity index (χ3n) is 1.42. The van der Waals surface area contributed by atoms with Crippen molar-refractivity contribution in [3.63, 3.8) is 0 Å². The van der Waals surface area contributed by atoms with Gasteiger partial charge in [-0.1, -0.05) is 13.2 Å². The maximum Gasteiger partial charge on any atom is 0.334 e. The summed E-state index contributed by atoms with van der Waals surface area (Å²) in [6.07, 6.45) is 1.06. The number of primary amides is 1. The number of hydrogen-bond donors (Lipinski definition) is 1. The van der Waals surface area contributed by atoms with E-state index in [1.54, 1.807) is 0 Å². The van der Waals surface area contributed by atoms with Gasteiger partial charge < -0.3 is 15.4 Å². The number of amides is 1. The number of esters is 1. The molecule has 0 aromatic carbocycles. The van der Waals surface area contributed by atoms with Gasteiger partial charge in [0, 0.05) is 12.1 Å². The molecule has 0 bridgehead atoms. The minimum Gasteiger partial charge on any atom is -0.461 e. The number of rotatable bonds is 6. The number of ether oxygens (including phenoxy) is 1. The van der Waals surface area contributed by atoms with Gasteiger partial charge in [0.2, 0.25) is 5.91 Å². The molecule has 1 amide bonds. The molecule has 0 aliphatic heterocycles. The van der Waals surface area contributed by atoms with Gasteiger partial charge in [-0.2, -0.15) is 0 Å². The Bertz CT molecular complexity index is 278. The molecule has 0 saturated carbocycles. The average molecular weight is 263 g/mol. The molecule has 0 rings (SSSR count). The summed E-state index contributed by atoms with van der Waals surface area (Å²) in [7, 11) is 3.81. The third-order valence-corrected chi connectivity index (χ3v) is 1.75. The second-order valence-electron chi connectivity index (χ2n) is 3.28. The normalized spacial score (nSPS) is 8.94. The van der Waals surface area contributed by atoms with Gasteiger partial charge in [0.25, 0.3) is 0 Å². The van der Waals surface area contributed by atoms with Crippen LogP contribution in [0.3, 0.4) is 0 Å². The summed E-state index contributed by atoms with van der Waals surface area (Å²) in [5, 5.41) is 0. The molecule has 0 aromatic rings. The Labute approximate surface area is 107 Å². The number of nitrogens with two attached hydrogens (primary N) is 1. The smallest absolute Gasteiger partial charge is 0.334 e. The summed E-state index contributed by atoms with van der Waals surface area (Å²) in [5.74, 6) is -0.766. The number of nitrogens with zero attached hydrogens (tertiary/aromatic N) is 1. The zero-order valence-electron chi connectivity index (χ0n) is 10.2. The highest BCUT2D eigenvalue weighted by Gasteiger charge is 2.06. The van der Waals surface area contributed by atoms with Crippen molar-refractivity contribution in [3.05, 3.63) is 24.8 Å². The largest absolute Gasteiger partial charge is 0.461 e. The molecule has 0 aromatic heterocycles. The van der Waals surface area contributed by atoms with Crippen molar-refractivity contribution in [2.75, 3.05) is 33.1 Å².